The molecule has 0 atom stereocenters. The van der Waals surface area contributed by atoms with Crippen LogP contribution in [0.4, 0.5) is 10.1 Å². The van der Waals surface area contributed by atoms with Crippen molar-refractivity contribution in [3.8, 4) is 0 Å². The van der Waals surface area contributed by atoms with Gasteiger partial charge in [0.1, 0.15) is 5.82 Å². The van der Waals surface area contributed by atoms with Crippen molar-refractivity contribution in [3.05, 3.63) is 24.0 Å². The normalized spacial score (nSPS) is 17.8. The molecule has 1 aliphatic rings. The zero-order chi connectivity index (χ0) is 14.0. The maximum Gasteiger partial charge on any atom is 0.243 e. The highest BCUT2D eigenvalue weighted by Gasteiger charge is 2.29. The number of hydrogen-bond acceptors (Lipinski definition) is 3. The minimum absolute atomic E-state index is 0.0133. The lowest BCUT2D eigenvalue weighted by Gasteiger charge is -2.30. The van der Waals surface area contributed by atoms with Gasteiger partial charge < -0.3 is 5.73 Å². The highest BCUT2D eigenvalue weighted by atomic mass is 32.2. The van der Waals surface area contributed by atoms with Crippen LogP contribution in [-0.2, 0) is 10.0 Å². The van der Waals surface area contributed by atoms with E-state index in [0.29, 0.717) is 0 Å². The van der Waals surface area contributed by atoms with Crippen molar-refractivity contribution >= 4 is 15.7 Å². The highest BCUT2D eigenvalue weighted by molar-refractivity contribution is 7.89. The van der Waals surface area contributed by atoms with Crippen LogP contribution in [0.1, 0.15) is 32.1 Å². The molecule has 0 unspecified atom stereocenters. The lowest BCUT2D eigenvalue weighted by atomic mass is 9.96. The van der Waals surface area contributed by atoms with Crippen LogP contribution in [-0.4, -0.2) is 25.8 Å². The van der Waals surface area contributed by atoms with Crippen LogP contribution in [0.5, 0.6) is 0 Å². The first-order valence-corrected chi connectivity index (χ1v) is 7.90. The molecule has 0 spiro atoms. The zero-order valence-electron chi connectivity index (χ0n) is 11.0. The number of halogens is 1. The molecule has 0 radical (unpaired) electrons. The van der Waals surface area contributed by atoms with Gasteiger partial charge in [-0.25, -0.2) is 12.8 Å². The number of rotatable bonds is 3. The van der Waals surface area contributed by atoms with E-state index < -0.39 is 15.8 Å². The quantitative estimate of drug-likeness (QED) is 0.868. The Bertz CT molecular complexity index is 554. The van der Waals surface area contributed by atoms with Gasteiger partial charge in [0.2, 0.25) is 10.0 Å². The number of nitrogen functional groups attached to an aromatic ring is 1. The highest BCUT2D eigenvalue weighted by Crippen LogP contribution is 2.27. The van der Waals surface area contributed by atoms with Crippen molar-refractivity contribution in [3.63, 3.8) is 0 Å². The average molecular weight is 286 g/mol. The average Bonchev–Trinajstić information content (AvgIpc) is 2.41. The molecule has 0 amide bonds. The van der Waals surface area contributed by atoms with E-state index in [0.717, 1.165) is 38.2 Å². The molecule has 4 nitrogen and oxygen atoms in total. The second kappa shape index (κ2) is 5.46. The SMILES string of the molecule is CN(C1CCCCC1)S(=O)(=O)c1ccc(N)c(F)c1. The molecule has 1 aliphatic carbocycles. The number of hydrogen-bond donors (Lipinski definition) is 1. The fourth-order valence-electron chi connectivity index (χ4n) is 2.48. The minimum atomic E-state index is -3.64. The molecule has 0 bridgehead atoms. The molecule has 2 rings (SSSR count). The molecule has 0 aromatic heterocycles. The lowest BCUT2D eigenvalue weighted by Crippen LogP contribution is -2.38. The van der Waals surface area contributed by atoms with Crippen molar-refractivity contribution in [1.82, 2.24) is 4.31 Å². The van der Waals surface area contributed by atoms with Crippen LogP contribution >= 0.6 is 0 Å². The monoisotopic (exact) mass is 286 g/mol. The van der Waals surface area contributed by atoms with Gasteiger partial charge in [-0.3, -0.25) is 0 Å². The number of benzene rings is 1. The summed E-state index contributed by atoms with van der Waals surface area (Å²) in [7, 11) is -2.07. The Morgan fingerprint density at radius 2 is 1.89 bits per heavy atom. The fraction of sp³-hybridized carbons (Fsp3) is 0.538. The van der Waals surface area contributed by atoms with E-state index in [9.17, 15) is 12.8 Å². The Hall–Kier alpha value is -1.14. The Labute approximate surface area is 113 Å². The molecule has 6 heteroatoms. The molecule has 106 valence electrons. The maximum absolute atomic E-state index is 13.4. The molecule has 1 fully saturated rings. The smallest absolute Gasteiger partial charge is 0.243 e. The topological polar surface area (TPSA) is 63.4 Å². The van der Waals surface area contributed by atoms with Gasteiger partial charge in [-0.1, -0.05) is 19.3 Å². The van der Waals surface area contributed by atoms with E-state index in [2.05, 4.69) is 0 Å². The van der Waals surface area contributed by atoms with E-state index in [1.807, 2.05) is 0 Å². The molecule has 19 heavy (non-hydrogen) atoms. The molecule has 1 saturated carbocycles. The van der Waals surface area contributed by atoms with Gasteiger partial charge in [0.05, 0.1) is 10.6 Å². The molecular formula is C13H19FN2O2S. The predicted molar refractivity (Wildman–Crippen MR) is 72.6 cm³/mol. The van der Waals surface area contributed by atoms with Gasteiger partial charge in [-0.05, 0) is 31.0 Å². The predicted octanol–water partition coefficient (Wildman–Crippen LogP) is 2.36. The Balaban J connectivity index is 2.27. The van der Waals surface area contributed by atoms with Crippen molar-refractivity contribution in [2.24, 2.45) is 0 Å². The first-order chi connectivity index (χ1) is 8.93. The van der Waals surface area contributed by atoms with Gasteiger partial charge in [0.15, 0.2) is 0 Å². The van der Waals surface area contributed by atoms with E-state index in [-0.39, 0.29) is 16.6 Å². The minimum Gasteiger partial charge on any atom is -0.396 e. The van der Waals surface area contributed by atoms with Gasteiger partial charge in [-0.15, -0.1) is 0 Å². The summed E-state index contributed by atoms with van der Waals surface area (Å²) in [5.74, 6) is -0.696. The van der Waals surface area contributed by atoms with Gasteiger partial charge in [-0.2, -0.15) is 4.31 Å². The third-order valence-electron chi connectivity index (χ3n) is 3.74. The van der Waals surface area contributed by atoms with Crippen LogP contribution in [0.15, 0.2) is 23.1 Å². The molecule has 2 N–H and O–H groups in total. The Morgan fingerprint density at radius 3 is 2.47 bits per heavy atom. The summed E-state index contributed by atoms with van der Waals surface area (Å²) < 4.78 is 39.6. The molecule has 0 heterocycles. The molecule has 1 aromatic carbocycles. The number of nitrogens with two attached hydrogens (primary N) is 1. The van der Waals surface area contributed by atoms with Crippen LogP contribution in [0, 0.1) is 5.82 Å². The van der Waals surface area contributed by atoms with Gasteiger partial charge in [0, 0.05) is 13.1 Å². The second-order valence-electron chi connectivity index (χ2n) is 5.00. The van der Waals surface area contributed by atoms with E-state index in [1.54, 1.807) is 7.05 Å². The van der Waals surface area contributed by atoms with Crippen LogP contribution < -0.4 is 5.73 Å². The summed E-state index contributed by atoms with van der Waals surface area (Å²) in [6.45, 7) is 0. The standard InChI is InChI=1S/C13H19FN2O2S/c1-16(10-5-3-2-4-6-10)19(17,18)11-7-8-13(15)12(14)9-11/h7-10H,2-6,15H2,1H3. The Kier molecular flexibility index (Phi) is 4.10. The first-order valence-electron chi connectivity index (χ1n) is 6.46. The van der Waals surface area contributed by atoms with Crippen LogP contribution in [0.25, 0.3) is 0 Å². The number of anilines is 1. The molecule has 0 saturated heterocycles. The maximum atomic E-state index is 13.4. The van der Waals surface area contributed by atoms with Crippen LogP contribution in [0.3, 0.4) is 0 Å². The van der Waals surface area contributed by atoms with E-state index >= 15 is 0 Å². The second-order valence-corrected chi connectivity index (χ2v) is 6.99. The molecule has 1 aromatic rings. The summed E-state index contributed by atoms with van der Waals surface area (Å²) in [5.41, 5.74) is 5.33. The van der Waals surface area contributed by atoms with E-state index in [1.165, 1.54) is 16.4 Å². The van der Waals surface area contributed by atoms with Gasteiger partial charge in [0.25, 0.3) is 0 Å². The summed E-state index contributed by atoms with van der Waals surface area (Å²) >= 11 is 0. The largest absolute Gasteiger partial charge is 0.396 e. The molecular weight excluding hydrogens is 267 g/mol. The van der Waals surface area contributed by atoms with Crippen molar-refractivity contribution < 1.29 is 12.8 Å². The van der Waals surface area contributed by atoms with Crippen molar-refractivity contribution in [2.45, 2.75) is 43.0 Å². The summed E-state index contributed by atoms with van der Waals surface area (Å²) in [5, 5.41) is 0. The zero-order valence-corrected chi connectivity index (χ0v) is 11.8. The molecule has 0 aliphatic heterocycles. The van der Waals surface area contributed by atoms with Gasteiger partial charge >= 0.3 is 0 Å². The van der Waals surface area contributed by atoms with E-state index in [4.69, 9.17) is 5.73 Å². The fourth-order valence-corrected chi connectivity index (χ4v) is 3.90. The number of nitrogens with zero attached hydrogens (tertiary/aromatic N) is 1. The first kappa shape index (κ1) is 14.3. The number of sulfonamides is 1. The third-order valence-corrected chi connectivity index (χ3v) is 5.64. The van der Waals surface area contributed by atoms with Crippen molar-refractivity contribution in [1.29, 1.82) is 0 Å². The lowest BCUT2D eigenvalue weighted by molar-refractivity contribution is 0.286. The van der Waals surface area contributed by atoms with Crippen LogP contribution in [0.2, 0.25) is 0 Å². The Morgan fingerprint density at radius 1 is 1.26 bits per heavy atom. The summed E-state index contributed by atoms with van der Waals surface area (Å²) in [4.78, 5) is -0.0349. The van der Waals surface area contributed by atoms with Crippen molar-refractivity contribution in [2.75, 3.05) is 12.8 Å². The third kappa shape index (κ3) is 2.90. The summed E-state index contributed by atoms with van der Waals surface area (Å²) in [6, 6.07) is 3.65. The summed E-state index contributed by atoms with van der Waals surface area (Å²) in [6.07, 6.45) is 4.97.